The molecule has 0 amide bonds. The summed E-state index contributed by atoms with van der Waals surface area (Å²) in [5.41, 5.74) is 1.14. The second kappa shape index (κ2) is 4.87. The predicted molar refractivity (Wildman–Crippen MR) is 54.6 cm³/mol. The molecule has 0 aliphatic heterocycles. The van der Waals surface area contributed by atoms with Gasteiger partial charge in [-0.3, -0.25) is 0 Å². The Hall–Kier alpha value is -1.02. The minimum Gasteiger partial charge on any atom is -0.465 e. The molecule has 0 bridgehead atoms. The highest BCUT2D eigenvalue weighted by molar-refractivity contribution is 5.07. The molecule has 0 aliphatic carbocycles. The van der Waals surface area contributed by atoms with E-state index in [1.165, 1.54) is 0 Å². The minimum atomic E-state index is 0.785. The Morgan fingerprint density at radius 3 is 2.69 bits per heavy atom. The molecule has 72 valence electrons. The Labute approximate surface area is 79.6 Å². The maximum atomic E-state index is 5.52. The molecular formula is C11H17NO. The fourth-order valence-corrected chi connectivity index (χ4v) is 1.11. The Balaban J connectivity index is 2.32. The zero-order valence-corrected chi connectivity index (χ0v) is 8.39. The van der Waals surface area contributed by atoms with Crippen LogP contribution in [0.15, 0.2) is 28.7 Å². The van der Waals surface area contributed by atoms with E-state index in [0.717, 1.165) is 36.6 Å². The number of hydrogen-bond acceptors (Lipinski definition) is 2. The molecular weight excluding hydrogens is 162 g/mol. The molecule has 1 N–H and O–H groups in total. The first-order valence-corrected chi connectivity index (χ1v) is 4.65. The molecule has 0 fully saturated rings. The van der Waals surface area contributed by atoms with Crippen molar-refractivity contribution in [2.45, 2.75) is 26.8 Å². The quantitative estimate of drug-likeness (QED) is 0.702. The first-order chi connectivity index (χ1) is 6.22. The van der Waals surface area contributed by atoms with Crippen LogP contribution in [0.4, 0.5) is 0 Å². The topological polar surface area (TPSA) is 25.2 Å². The van der Waals surface area contributed by atoms with E-state index >= 15 is 0 Å². The van der Waals surface area contributed by atoms with Gasteiger partial charge in [0.1, 0.15) is 11.5 Å². The van der Waals surface area contributed by atoms with Crippen LogP contribution in [0.2, 0.25) is 0 Å². The van der Waals surface area contributed by atoms with Crippen molar-refractivity contribution in [2.24, 2.45) is 0 Å². The van der Waals surface area contributed by atoms with Crippen LogP contribution in [0.1, 0.15) is 25.4 Å². The van der Waals surface area contributed by atoms with Gasteiger partial charge in [0, 0.05) is 13.0 Å². The lowest BCUT2D eigenvalue weighted by molar-refractivity contribution is 0.454. The van der Waals surface area contributed by atoms with Crippen molar-refractivity contribution in [3.8, 4) is 0 Å². The zero-order chi connectivity index (χ0) is 9.68. The van der Waals surface area contributed by atoms with Gasteiger partial charge in [-0.15, -0.1) is 0 Å². The van der Waals surface area contributed by atoms with Gasteiger partial charge >= 0.3 is 0 Å². The van der Waals surface area contributed by atoms with Crippen LogP contribution in [-0.2, 0) is 13.0 Å². The molecule has 13 heavy (non-hydrogen) atoms. The van der Waals surface area contributed by atoms with Crippen LogP contribution >= 0.6 is 0 Å². The summed E-state index contributed by atoms with van der Waals surface area (Å²) < 4.78 is 5.52. The Kier molecular flexibility index (Phi) is 3.77. The van der Waals surface area contributed by atoms with Gasteiger partial charge in [-0.1, -0.05) is 19.1 Å². The van der Waals surface area contributed by atoms with Crippen molar-refractivity contribution >= 4 is 0 Å². The van der Waals surface area contributed by atoms with E-state index < -0.39 is 0 Å². The summed E-state index contributed by atoms with van der Waals surface area (Å²) in [6.45, 7) is 9.54. The smallest absolute Gasteiger partial charge is 0.117 e. The lowest BCUT2D eigenvalue weighted by atomic mass is 10.3. The van der Waals surface area contributed by atoms with Crippen molar-refractivity contribution in [1.82, 2.24) is 5.32 Å². The van der Waals surface area contributed by atoms with Crippen molar-refractivity contribution in [2.75, 3.05) is 6.54 Å². The van der Waals surface area contributed by atoms with E-state index in [1.807, 2.05) is 19.1 Å². The number of aryl methyl sites for hydroxylation is 1. The highest BCUT2D eigenvalue weighted by atomic mass is 16.3. The second-order valence-corrected chi connectivity index (χ2v) is 3.28. The molecule has 1 rings (SSSR count). The van der Waals surface area contributed by atoms with Crippen LogP contribution in [0.5, 0.6) is 0 Å². The SMILES string of the molecule is C=C(C)CNCc1ccc(CC)o1. The maximum absolute atomic E-state index is 5.52. The Morgan fingerprint density at radius 2 is 2.15 bits per heavy atom. The van der Waals surface area contributed by atoms with Crippen LogP contribution < -0.4 is 5.32 Å². The number of furan rings is 1. The van der Waals surface area contributed by atoms with E-state index in [-0.39, 0.29) is 0 Å². The molecule has 2 heteroatoms. The van der Waals surface area contributed by atoms with Gasteiger partial charge in [0.15, 0.2) is 0 Å². The molecule has 0 saturated carbocycles. The summed E-state index contributed by atoms with van der Waals surface area (Å²) in [4.78, 5) is 0. The number of nitrogens with one attached hydrogen (secondary N) is 1. The molecule has 1 heterocycles. The van der Waals surface area contributed by atoms with Crippen LogP contribution in [0.25, 0.3) is 0 Å². The van der Waals surface area contributed by atoms with E-state index in [1.54, 1.807) is 0 Å². The van der Waals surface area contributed by atoms with Crippen LogP contribution in [-0.4, -0.2) is 6.54 Å². The van der Waals surface area contributed by atoms with Gasteiger partial charge in [0.2, 0.25) is 0 Å². The van der Waals surface area contributed by atoms with Crippen LogP contribution in [0, 0.1) is 0 Å². The molecule has 0 atom stereocenters. The third-order valence-electron chi connectivity index (χ3n) is 1.79. The fourth-order valence-electron chi connectivity index (χ4n) is 1.11. The van der Waals surface area contributed by atoms with E-state index in [2.05, 4.69) is 18.8 Å². The second-order valence-electron chi connectivity index (χ2n) is 3.28. The van der Waals surface area contributed by atoms with Gasteiger partial charge in [-0.2, -0.15) is 0 Å². The van der Waals surface area contributed by atoms with Crippen molar-refractivity contribution in [3.63, 3.8) is 0 Å². The largest absolute Gasteiger partial charge is 0.465 e. The summed E-state index contributed by atoms with van der Waals surface area (Å²) in [6.07, 6.45) is 0.959. The lowest BCUT2D eigenvalue weighted by Gasteiger charge is -2.00. The highest BCUT2D eigenvalue weighted by Crippen LogP contribution is 2.07. The lowest BCUT2D eigenvalue weighted by Crippen LogP contribution is -2.14. The molecule has 0 saturated heterocycles. The third kappa shape index (κ3) is 3.47. The fraction of sp³-hybridized carbons (Fsp3) is 0.455. The molecule has 0 aromatic carbocycles. The molecule has 1 aromatic heterocycles. The monoisotopic (exact) mass is 179 g/mol. The maximum Gasteiger partial charge on any atom is 0.117 e. The predicted octanol–water partition coefficient (Wildman–Crippen LogP) is 2.51. The number of hydrogen-bond donors (Lipinski definition) is 1. The number of rotatable bonds is 5. The summed E-state index contributed by atoms with van der Waals surface area (Å²) >= 11 is 0. The summed E-state index contributed by atoms with van der Waals surface area (Å²) in [5.74, 6) is 2.05. The van der Waals surface area contributed by atoms with E-state index in [9.17, 15) is 0 Å². The van der Waals surface area contributed by atoms with Gasteiger partial charge in [-0.25, -0.2) is 0 Å². The summed E-state index contributed by atoms with van der Waals surface area (Å²) in [5, 5.41) is 3.25. The molecule has 0 aliphatic rings. The molecule has 0 unspecified atom stereocenters. The molecule has 1 aromatic rings. The average molecular weight is 179 g/mol. The van der Waals surface area contributed by atoms with Crippen molar-refractivity contribution in [3.05, 3.63) is 35.8 Å². The standard InChI is InChI=1S/C11H17NO/c1-4-10-5-6-11(13-10)8-12-7-9(2)3/h5-6,12H,2,4,7-8H2,1,3H3. The third-order valence-corrected chi connectivity index (χ3v) is 1.79. The molecule has 0 radical (unpaired) electrons. The van der Waals surface area contributed by atoms with E-state index in [0.29, 0.717) is 0 Å². The van der Waals surface area contributed by atoms with Crippen molar-refractivity contribution < 1.29 is 4.42 Å². The summed E-state index contributed by atoms with van der Waals surface area (Å²) in [6, 6.07) is 4.04. The summed E-state index contributed by atoms with van der Waals surface area (Å²) in [7, 11) is 0. The first-order valence-electron chi connectivity index (χ1n) is 4.65. The van der Waals surface area contributed by atoms with Gasteiger partial charge in [-0.05, 0) is 19.1 Å². The normalized spacial score (nSPS) is 10.3. The minimum absolute atomic E-state index is 0.785. The first kappa shape index (κ1) is 10.1. The molecule has 0 spiro atoms. The molecule has 2 nitrogen and oxygen atoms in total. The van der Waals surface area contributed by atoms with Gasteiger partial charge < -0.3 is 9.73 Å². The van der Waals surface area contributed by atoms with E-state index in [4.69, 9.17) is 4.42 Å². The van der Waals surface area contributed by atoms with Crippen LogP contribution in [0.3, 0.4) is 0 Å². The van der Waals surface area contributed by atoms with Gasteiger partial charge in [0.25, 0.3) is 0 Å². The Morgan fingerprint density at radius 1 is 1.46 bits per heavy atom. The highest BCUT2D eigenvalue weighted by Gasteiger charge is 1.98. The van der Waals surface area contributed by atoms with Gasteiger partial charge in [0.05, 0.1) is 6.54 Å². The van der Waals surface area contributed by atoms with Crippen molar-refractivity contribution in [1.29, 1.82) is 0 Å². The zero-order valence-electron chi connectivity index (χ0n) is 8.39. The average Bonchev–Trinajstić information content (AvgIpc) is 2.52. The Bertz CT molecular complexity index is 275.